The molecule has 0 radical (unpaired) electrons. The summed E-state index contributed by atoms with van der Waals surface area (Å²) in [5, 5.41) is 2.87. The van der Waals surface area contributed by atoms with Crippen LogP contribution in [-0.4, -0.2) is 0 Å². The Balaban J connectivity index is 1.68. The highest BCUT2D eigenvalue weighted by Crippen LogP contribution is 2.53. The number of aryl methyl sites for hydroxylation is 4. The lowest BCUT2D eigenvalue weighted by atomic mass is 9.97. The smallest absolute Gasteiger partial charge is 0.180 e. The number of benzene rings is 2. The molecule has 0 aliphatic carbocycles. The molecule has 36 heavy (non-hydrogen) atoms. The van der Waals surface area contributed by atoms with Gasteiger partial charge in [0.2, 0.25) is 0 Å². The summed E-state index contributed by atoms with van der Waals surface area (Å²) in [6, 6.07) is 18.9. The van der Waals surface area contributed by atoms with Crippen LogP contribution in [0.2, 0.25) is 0 Å². The molecule has 2 aromatic carbocycles. The topological polar surface area (TPSA) is 24.8 Å². The number of hydrogen-bond acceptors (Lipinski definition) is 1. The van der Waals surface area contributed by atoms with Crippen LogP contribution in [-0.2, 0) is 17.7 Å². The van der Waals surface area contributed by atoms with Crippen LogP contribution < -0.4 is 25.0 Å². The predicted octanol–water partition coefficient (Wildman–Crippen LogP) is 5.77. The normalized spacial score (nSPS) is 16.1. The van der Waals surface area contributed by atoms with E-state index in [0.717, 1.165) is 58.5 Å². The molecule has 1 unspecified atom stereocenters. The summed E-state index contributed by atoms with van der Waals surface area (Å²) in [5.41, 5.74) is 7.04. The van der Waals surface area contributed by atoms with E-state index in [4.69, 9.17) is 0 Å². The molecule has 3 nitrogen and oxygen atoms in total. The van der Waals surface area contributed by atoms with E-state index in [0.29, 0.717) is 0 Å². The highest BCUT2D eigenvalue weighted by atomic mass is 31.2. The van der Waals surface area contributed by atoms with Crippen molar-refractivity contribution in [2.24, 2.45) is 0 Å². The van der Waals surface area contributed by atoms with Crippen molar-refractivity contribution in [2.75, 3.05) is 0 Å². The molecule has 1 aliphatic heterocycles. The molecule has 0 N–H and O–H groups in total. The van der Waals surface area contributed by atoms with Crippen LogP contribution in [0.1, 0.15) is 50.7 Å². The molecule has 0 saturated carbocycles. The number of nitrogens with zero attached hydrogens (tertiary/aromatic N) is 2. The van der Waals surface area contributed by atoms with Gasteiger partial charge in [-0.1, -0.05) is 69.2 Å². The van der Waals surface area contributed by atoms with Crippen LogP contribution in [0, 0.1) is 13.8 Å². The van der Waals surface area contributed by atoms with Gasteiger partial charge in [-0.2, -0.15) is 0 Å². The maximum Gasteiger partial charge on any atom is 0.180 e. The molecular formula is C32H37N2OP+2. The quantitative estimate of drug-likeness (QED) is 0.198. The van der Waals surface area contributed by atoms with Crippen molar-refractivity contribution in [1.82, 2.24) is 0 Å². The van der Waals surface area contributed by atoms with E-state index >= 15 is 4.57 Å². The largest absolute Gasteiger partial charge is 0.308 e. The Labute approximate surface area is 215 Å². The van der Waals surface area contributed by atoms with Gasteiger partial charge in [0.25, 0.3) is 0 Å². The summed E-state index contributed by atoms with van der Waals surface area (Å²) < 4.78 is 19.8. The van der Waals surface area contributed by atoms with E-state index in [1.165, 1.54) is 29.5 Å². The first-order valence-corrected chi connectivity index (χ1v) is 15.0. The monoisotopic (exact) mass is 496 g/mol. The lowest BCUT2D eigenvalue weighted by Crippen LogP contribution is -2.38. The van der Waals surface area contributed by atoms with Gasteiger partial charge in [-0.3, -0.25) is 0 Å². The Hall–Kier alpha value is -3.03. The van der Waals surface area contributed by atoms with Crippen LogP contribution in [0.15, 0.2) is 79.4 Å². The van der Waals surface area contributed by atoms with Gasteiger partial charge in [-0.15, -0.1) is 0 Å². The van der Waals surface area contributed by atoms with Crippen LogP contribution in [0.4, 0.5) is 0 Å². The van der Waals surface area contributed by atoms with Crippen molar-refractivity contribution in [3.8, 4) is 22.3 Å². The van der Waals surface area contributed by atoms with Crippen molar-refractivity contribution in [3.05, 3.63) is 90.5 Å². The number of rotatable bonds is 8. The molecule has 0 amide bonds. The van der Waals surface area contributed by atoms with Crippen LogP contribution in [0.25, 0.3) is 22.3 Å². The summed E-state index contributed by atoms with van der Waals surface area (Å²) >= 11 is 0. The fourth-order valence-corrected chi connectivity index (χ4v) is 8.69. The Morgan fingerprint density at radius 3 is 2.11 bits per heavy atom. The maximum atomic E-state index is 15.3. The van der Waals surface area contributed by atoms with Gasteiger partial charge >= 0.3 is 0 Å². The third-order valence-corrected chi connectivity index (χ3v) is 10.5. The van der Waals surface area contributed by atoms with Crippen molar-refractivity contribution < 1.29 is 13.7 Å². The molecule has 0 saturated heterocycles. The molecule has 1 aliphatic rings. The lowest BCUT2D eigenvalue weighted by Gasteiger charge is -2.16. The predicted molar refractivity (Wildman–Crippen MR) is 150 cm³/mol. The molecule has 0 fully saturated rings. The van der Waals surface area contributed by atoms with Crippen LogP contribution in [0.5, 0.6) is 0 Å². The number of hydrogen-bond donors (Lipinski definition) is 0. The average molecular weight is 497 g/mol. The molecule has 184 valence electrons. The Morgan fingerprint density at radius 2 is 1.42 bits per heavy atom. The highest BCUT2D eigenvalue weighted by Gasteiger charge is 2.43. The van der Waals surface area contributed by atoms with Crippen molar-refractivity contribution in [3.63, 3.8) is 0 Å². The van der Waals surface area contributed by atoms with Crippen molar-refractivity contribution in [1.29, 1.82) is 0 Å². The first-order chi connectivity index (χ1) is 17.5. The summed E-state index contributed by atoms with van der Waals surface area (Å²) in [4.78, 5) is 0. The maximum absolute atomic E-state index is 15.3. The standard InChI is InChI=1S/C32H37N2OP/c1-5-7-17-33-19-16-28(24(3)21-33)26-14-15-29-30(20-26)36(35,27-12-10-9-11-13-27)31-23-34(18-8-6-2)22-25(4)32(29)31/h9-16,19-23H,5-8,17-18H2,1-4H3/q+2. The van der Waals surface area contributed by atoms with Gasteiger partial charge in [-0.05, 0) is 36.6 Å². The van der Waals surface area contributed by atoms with E-state index in [2.05, 4.69) is 85.9 Å². The first kappa shape index (κ1) is 24.7. The number of unbranched alkanes of at least 4 members (excludes halogenated alkanes) is 2. The summed E-state index contributed by atoms with van der Waals surface area (Å²) in [6.45, 7) is 10.8. The zero-order valence-corrected chi connectivity index (χ0v) is 22.9. The third-order valence-electron chi connectivity index (χ3n) is 7.43. The molecule has 4 aromatic rings. The van der Waals surface area contributed by atoms with E-state index in [1.54, 1.807) is 0 Å². The zero-order valence-electron chi connectivity index (χ0n) is 22.0. The Kier molecular flexibility index (Phi) is 6.95. The zero-order chi connectivity index (χ0) is 25.3. The lowest BCUT2D eigenvalue weighted by molar-refractivity contribution is -0.697. The van der Waals surface area contributed by atoms with Crippen LogP contribution in [0.3, 0.4) is 0 Å². The summed E-state index contributed by atoms with van der Waals surface area (Å²) in [6.07, 6.45) is 13.4. The van der Waals surface area contributed by atoms with Crippen LogP contribution >= 0.6 is 7.14 Å². The molecule has 1 atom stereocenters. The number of aromatic nitrogens is 2. The SMILES string of the molecule is CCCC[n+]1ccc(-c2ccc3c(c2)P(=O)(c2ccccc2)c2c[n+](CCCC)cc(C)c2-3)c(C)c1. The van der Waals surface area contributed by atoms with E-state index in [9.17, 15) is 0 Å². The highest BCUT2D eigenvalue weighted by molar-refractivity contribution is 7.86. The van der Waals surface area contributed by atoms with E-state index in [-0.39, 0.29) is 0 Å². The minimum Gasteiger partial charge on any atom is -0.308 e. The van der Waals surface area contributed by atoms with Gasteiger partial charge in [0, 0.05) is 46.2 Å². The molecule has 5 rings (SSSR count). The van der Waals surface area contributed by atoms with E-state index in [1.807, 2.05) is 30.3 Å². The van der Waals surface area contributed by atoms with Crippen molar-refractivity contribution >= 4 is 23.1 Å². The number of pyridine rings is 2. The third kappa shape index (κ3) is 4.24. The molecule has 3 heterocycles. The molecule has 0 spiro atoms. The average Bonchev–Trinajstić information content (AvgIpc) is 3.16. The second-order valence-electron chi connectivity index (χ2n) is 10.1. The van der Waals surface area contributed by atoms with Gasteiger partial charge in [-0.25, -0.2) is 9.13 Å². The summed E-state index contributed by atoms with van der Waals surface area (Å²) in [5.74, 6) is 0. The minimum atomic E-state index is -3.00. The fourth-order valence-electron chi connectivity index (χ4n) is 5.52. The van der Waals surface area contributed by atoms with E-state index < -0.39 is 7.14 Å². The first-order valence-electron chi connectivity index (χ1n) is 13.3. The Morgan fingerprint density at radius 1 is 0.722 bits per heavy atom. The van der Waals surface area contributed by atoms with Gasteiger partial charge < -0.3 is 4.57 Å². The Bertz CT molecular complexity index is 1460. The molecule has 4 heteroatoms. The second kappa shape index (κ2) is 10.1. The van der Waals surface area contributed by atoms with Gasteiger partial charge in [0.05, 0.1) is 5.30 Å². The molecule has 0 bridgehead atoms. The minimum absolute atomic E-state index is 0.914. The van der Waals surface area contributed by atoms with Gasteiger partial charge in [0.1, 0.15) is 13.1 Å². The second-order valence-corrected chi connectivity index (χ2v) is 12.8. The fraction of sp³-hybridized carbons (Fsp3) is 0.312. The summed E-state index contributed by atoms with van der Waals surface area (Å²) in [7, 11) is -3.00. The molecule has 2 aromatic heterocycles. The number of fused-ring (bicyclic) bond motifs is 3. The van der Waals surface area contributed by atoms with Crippen molar-refractivity contribution in [2.45, 2.75) is 66.5 Å². The molecular weight excluding hydrogens is 459 g/mol. The van der Waals surface area contributed by atoms with Gasteiger partial charge in [0.15, 0.2) is 31.9 Å².